The highest BCUT2D eigenvalue weighted by Gasteiger charge is 2.23. The topological polar surface area (TPSA) is 129 Å². The third-order valence-electron chi connectivity index (χ3n) is 5.01. The lowest BCUT2D eigenvalue weighted by Gasteiger charge is -2.10. The van der Waals surface area contributed by atoms with Crippen LogP contribution in [0.2, 0.25) is 0 Å². The fourth-order valence-corrected chi connectivity index (χ4v) is 3.45. The van der Waals surface area contributed by atoms with E-state index in [1.54, 1.807) is 48.6 Å². The molecule has 9 heteroatoms. The van der Waals surface area contributed by atoms with Crippen LogP contribution in [0.4, 0.5) is 0 Å². The quantitative estimate of drug-likeness (QED) is 0.504. The molecule has 2 N–H and O–H groups in total. The van der Waals surface area contributed by atoms with Crippen molar-refractivity contribution in [3.8, 4) is 23.0 Å². The van der Waals surface area contributed by atoms with Gasteiger partial charge in [-0.05, 0) is 60.4 Å². The summed E-state index contributed by atoms with van der Waals surface area (Å²) >= 11 is 0. The van der Waals surface area contributed by atoms with Crippen molar-refractivity contribution in [1.29, 1.82) is 0 Å². The number of ether oxygens (including phenoxy) is 4. The summed E-state index contributed by atoms with van der Waals surface area (Å²) in [5.41, 5.74) is 2.73. The third kappa shape index (κ3) is 6.16. The molecule has 0 bridgehead atoms. The number of carbonyl (C=O) groups is 3. The Kier molecular flexibility index (Phi) is 7.92. The van der Waals surface area contributed by atoms with Crippen molar-refractivity contribution in [1.82, 2.24) is 0 Å². The molecule has 0 aromatic heterocycles. The fourth-order valence-electron chi connectivity index (χ4n) is 3.45. The van der Waals surface area contributed by atoms with E-state index in [2.05, 4.69) is 0 Å². The molecule has 0 atom stereocenters. The van der Waals surface area contributed by atoms with Crippen LogP contribution in [0.15, 0.2) is 47.5 Å². The molecule has 9 nitrogen and oxygen atoms in total. The molecule has 1 aliphatic carbocycles. The van der Waals surface area contributed by atoms with Gasteiger partial charge in [0.1, 0.15) is 0 Å². The zero-order chi connectivity index (χ0) is 24.7. The molecule has 0 unspecified atom stereocenters. The summed E-state index contributed by atoms with van der Waals surface area (Å²) in [5.74, 6) is -0.919. The van der Waals surface area contributed by atoms with Crippen LogP contribution >= 0.6 is 0 Å². The van der Waals surface area contributed by atoms with Crippen molar-refractivity contribution >= 4 is 29.9 Å². The SMILES string of the molecule is COc1cc(C=C2CCC(=Cc3ccc(OCC(=O)O)c(OC)c3)C2=O)ccc1OCC(=O)O. The van der Waals surface area contributed by atoms with Crippen molar-refractivity contribution in [2.24, 2.45) is 0 Å². The Labute approximate surface area is 195 Å². The number of hydrogen-bond donors (Lipinski definition) is 2. The number of ketones is 1. The average Bonchev–Trinajstić information content (AvgIpc) is 3.15. The van der Waals surface area contributed by atoms with Crippen molar-refractivity contribution in [2.75, 3.05) is 27.4 Å². The first kappa shape index (κ1) is 24.4. The van der Waals surface area contributed by atoms with E-state index in [9.17, 15) is 14.4 Å². The van der Waals surface area contributed by atoms with E-state index in [0.29, 0.717) is 47.0 Å². The molecule has 0 aliphatic heterocycles. The monoisotopic (exact) mass is 468 g/mol. The Bertz CT molecular complexity index is 1070. The summed E-state index contributed by atoms with van der Waals surface area (Å²) in [6.45, 7) is -0.970. The summed E-state index contributed by atoms with van der Waals surface area (Å²) < 4.78 is 21.0. The highest BCUT2D eigenvalue weighted by molar-refractivity contribution is 6.15. The number of benzene rings is 2. The van der Waals surface area contributed by atoms with Crippen molar-refractivity contribution < 1.29 is 43.5 Å². The molecule has 34 heavy (non-hydrogen) atoms. The smallest absolute Gasteiger partial charge is 0.341 e. The number of allylic oxidation sites excluding steroid dienone is 2. The summed E-state index contributed by atoms with van der Waals surface area (Å²) in [5, 5.41) is 17.6. The van der Waals surface area contributed by atoms with Crippen LogP contribution in [0.5, 0.6) is 23.0 Å². The first-order chi connectivity index (χ1) is 16.3. The lowest BCUT2D eigenvalue weighted by atomic mass is 10.1. The number of Topliss-reactive ketones (excluding diaryl/α,β-unsaturated/α-hetero) is 1. The zero-order valence-electron chi connectivity index (χ0n) is 18.7. The van der Waals surface area contributed by atoms with Crippen LogP contribution in [-0.2, 0) is 14.4 Å². The zero-order valence-corrected chi connectivity index (χ0v) is 18.7. The summed E-state index contributed by atoms with van der Waals surface area (Å²) in [6.07, 6.45) is 4.69. The first-order valence-electron chi connectivity index (χ1n) is 10.3. The standard InChI is InChI=1S/C25H24O9/c1-31-21-11-15(3-7-19(21)33-13-23(26)27)9-17-5-6-18(25(17)30)10-16-4-8-20(22(12-16)32-2)34-14-24(28)29/h3-4,7-12H,5-6,13-14H2,1-2H3,(H,26,27)(H,28,29). The Morgan fingerprint density at radius 2 is 1.18 bits per heavy atom. The van der Waals surface area contributed by atoms with Gasteiger partial charge >= 0.3 is 11.9 Å². The highest BCUT2D eigenvalue weighted by atomic mass is 16.5. The van der Waals surface area contributed by atoms with Crippen molar-refractivity contribution in [2.45, 2.75) is 12.8 Å². The maximum atomic E-state index is 12.9. The van der Waals surface area contributed by atoms with Crippen LogP contribution < -0.4 is 18.9 Å². The van der Waals surface area contributed by atoms with Gasteiger partial charge in [0, 0.05) is 11.1 Å². The van der Waals surface area contributed by atoms with Gasteiger partial charge < -0.3 is 29.2 Å². The lowest BCUT2D eigenvalue weighted by molar-refractivity contribution is -0.140. The van der Waals surface area contributed by atoms with Crippen molar-refractivity contribution in [3.05, 3.63) is 58.7 Å². The molecule has 0 saturated heterocycles. The fraction of sp³-hybridized carbons (Fsp3) is 0.240. The Balaban J connectivity index is 1.77. The molecular formula is C25H24O9. The number of carboxylic acid groups (broad SMARTS) is 2. The third-order valence-corrected chi connectivity index (χ3v) is 5.01. The van der Waals surface area contributed by atoms with Crippen molar-refractivity contribution in [3.63, 3.8) is 0 Å². The number of aliphatic carboxylic acids is 2. The van der Waals surface area contributed by atoms with Crippen LogP contribution in [0.1, 0.15) is 24.0 Å². The molecule has 0 spiro atoms. The van der Waals surface area contributed by atoms with Gasteiger partial charge in [-0.2, -0.15) is 0 Å². The van der Waals surface area contributed by atoms with Crippen LogP contribution in [-0.4, -0.2) is 55.4 Å². The Hall–Kier alpha value is -4.27. The number of methoxy groups -OCH3 is 2. The van der Waals surface area contributed by atoms with Gasteiger partial charge in [0.2, 0.25) is 0 Å². The maximum Gasteiger partial charge on any atom is 0.341 e. The van der Waals surface area contributed by atoms with E-state index >= 15 is 0 Å². The van der Waals surface area contributed by atoms with E-state index in [-0.39, 0.29) is 5.78 Å². The predicted molar refractivity (Wildman–Crippen MR) is 122 cm³/mol. The van der Waals surface area contributed by atoms with Crippen LogP contribution in [0.3, 0.4) is 0 Å². The second-order valence-corrected chi connectivity index (χ2v) is 7.35. The minimum Gasteiger partial charge on any atom is -0.493 e. The summed E-state index contributed by atoms with van der Waals surface area (Å²) in [7, 11) is 2.90. The molecular weight excluding hydrogens is 444 g/mol. The summed E-state index contributed by atoms with van der Waals surface area (Å²) in [4.78, 5) is 34.4. The molecule has 0 heterocycles. The Morgan fingerprint density at radius 3 is 1.53 bits per heavy atom. The van der Waals surface area contributed by atoms with Gasteiger partial charge in [0.15, 0.2) is 42.0 Å². The highest BCUT2D eigenvalue weighted by Crippen LogP contribution is 2.34. The molecule has 0 amide bonds. The predicted octanol–water partition coefficient (Wildman–Crippen LogP) is 3.46. The van der Waals surface area contributed by atoms with E-state index in [0.717, 1.165) is 11.1 Å². The van der Waals surface area contributed by atoms with E-state index in [1.807, 2.05) is 0 Å². The molecule has 2 aromatic carbocycles. The van der Waals surface area contributed by atoms with Crippen LogP contribution in [0.25, 0.3) is 12.2 Å². The number of hydrogen-bond acceptors (Lipinski definition) is 7. The minimum absolute atomic E-state index is 0.0738. The lowest BCUT2D eigenvalue weighted by Crippen LogP contribution is -2.10. The van der Waals surface area contributed by atoms with Gasteiger partial charge in [0.25, 0.3) is 0 Å². The molecule has 1 aliphatic rings. The van der Waals surface area contributed by atoms with Gasteiger partial charge in [-0.25, -0.2) is 9.59 Å². The largest absolute Gasteiger partial charge is 0.493 e. The number of carbonyl (C=O) groups excluding carboxylic acids is 1. The minimum atomic E-state index is -1.09. The second kappa shape index (κ2) is 11.0. The second-order valence-electron chi connectivity index (χ2n) is 7.35. The van der Waals surface area contributed by atoms with Crippen LogP contribution in [0, 0.1) is 0 Å². The van der Waals surface area contributed by atoms with Gasteiger partial charge in [-0.15, -0.1) is 0 Å². The molecule has 0 radical (unpaired) electrons. The van der Waals surface area contributed by atoms with E-state index in [4.69, 9.17) is 29.2 Å². The maximum absolute atomic E-state index is 12.9. The van der Waals surface area contributed by atoms with Gasteiger partial charge in [-0.1, -0.05) is 12.1 Å². The molecule has 1 fully saturated rings. The number of carboxylic acids is 2. The average molecular weight is 468 g/mol. The Morgan fingerprint density at radius 1 is 0.765 bits per heavy atom. The van der Waals surface area contributed by atoms with E-state index < -0.39 is 25.2 Å². The molecule has 2 aromatic rings. The van der Waals surface area contributed by atoms with Gasteiger partial charge in [-0.3, -0.25) is 4.79 Å². The molecule has 3 rings (SSSR count). The summed E-state index contributed by atoms with van der Waals surface area (Å²) in [6, 6.07) is 10.0. The number of rotatable bonds is 10. The molecule has 1 saturated carbocycles. The first-order valence-corrected chi connectivity index (χ1v) is 10.3. The van der Waals surface area contributed by atoms with E-state index in [1.165, 1.54) is 14.2 Å². The molecule has 178 valence electrons. The van der Waals surface area contributed by atoms with Gasteiger partial charge in [0.05, 0.1) is 14.2 Å². The normalized spacial score (nSPS) is 15.4.